The molecule has 0 unspecified atom stereocenters. The molecule has 0 N–H and O–H groups in total. The second kappa shape index (κ2) is 6.63. The first kappa shape index (κ1) is 13.2. The Hall–Kier alpha value is -1.90. The van der Waals surface area contributed by atoms with Gasteiger partial charge in [0.1, 0.15) is 5.75 Å². The SMILES string of the molecule is CC.COc1cc(C)ccc1-c1ncccn1. The highest BCUT2D eigenvalue weighted by Crippen LogP contribution is 2.27. The normalized spacial score (nSPS) is 9.18. The van der Waals surface area contributed by atoms with E-state index in [1.807, 2.05) is 39.0 Å². The first-order valence-electron chi connectivity index (χ1n) is 5.73. The van der Waals surface area contributed by atoms with Gasteiger partial charge in [-0.2, -0.15) is 0 Å². The molecule has 0 aliphatic rings. The molecule has 90 valence electrons. The molecule has 0 saturated heterocycles. The number of hydrogen-bond donors (Lipinski definition) is 0. The minimum atomic E-state index is 0.689. The molecule has 1 aromatic carbocycles. The fourth-order valence-electron chi connectivity index (χ4n) is 1.42. The molecule has 3 nitrogen and oxygen atoms in total. The fourth-order valence-corrected chi connectivity index (χ4v) is 1.42. The van der Waals surface area contributed by atoms with Crippen LogP contribution in [0, 0.1) is 6.92 Å². The standard InChI is InChI=1S/C12H12N2O.C2H6/c1-9-4-5-10(11(8-9)15-2)12-13-6-3-7-14-12;1-2/h3-8H,1-2H3;1-2H3. The van der Waals surface area contributed by atoms with E-state index in [0.29, 0.717) is 5.82 Å². The van der Waals surface area contributed by atoms with Crippen molar-refractivity contribution in [2.24, 2.45) is 0 Å². The summed E-state index contributed by atoms with van der Waals surface area (Å²) in [6, 6.07) is 7.77. The largest absolute Gasteiger partial charge is 0.496 e. The number of hydrogen-bond acceptors (Lipinski definition) is 3. The number of aromatic nitrogens is 2. The van der Waals surface area contributed by atoms with Gasteiger partial charge in [-0.15, -0.1) is 0 Å². The van der Waals surface area contributed by atoms with Crippen molar-refractivity contribution in [3.8, 4) is 17.1 Å². The molecule has 0 aliphatic carbocycles. The smallest absolute Gasteiger partial charge is 0.162 e. The molecule has 0 radical (unpaired) electrons. The summed E-state index contributed by atoms with van der Waals surface area (Å²) in [6.45, 7) is 6.03. The van der Waals surface area contributed by atoms with Crippen LogP contribution in [-0.2, 0) is 0 Å². The molecule has 0 fully saturated rings. The minimum Gasteiger partial charge on any atom is -0.496 e. The molecular formula is C14H18N2O. The molecule has 1 aromatic heterocycles. The van der Waals surface area contributed by atoms with Crippen molar-refractivity contribution in [1.82, 2.24) is 9.97 Å². The van der Waals surface area contributed by atoms with Crippen molar-refractivity contribution in [2.75, 3.05) is 7.11 Å². The summed E-state index contributed by atoms with van der Waals surface area (Å²) in [4.78, 5) is 8.39. The second-order valence-corrected chi connectivity index (χ2v) is 3.28. The quantitative estimate of drug-likeness (QED) is 0.792. The zero-order valence-electron chi connectivity index (χ0n) is 10.8. The third kappa shape index (κ3) is 3.28. The summed E-state index contributed by atoms with van der Waals surface area (Å²) >= 11 is 0. The van der Waals surface area contributed by atoms with Gasteiger partial charge in [-0.3, -0.25) is 0 Å². The van der Waals surface area contributed by atoms with Crippen LogP contribution in [0.4, 0.5) is 0 Å². The first-order chi connectivity index (χ1) is 8.31. The van der Waals surface area contributed by atoms with E-state index in [1.165, 1.54) is 0 Å². The molecular weight excluding hydrogens is 212 g/mol. The number of methoxy groups -OCH3 is 1. The van der Waals surface area contributed by atoms with Gasteiger partial charge >= 0.3 is 0 Å². The van der Waals surface area contributed by atoms with Crippen LogP contribution in [-0.4, -0.2) is 17.1 Å². The Bertz CT molecular complexity index is 455. The molecule has 1 heterocycles. The molecule has 2 rings (SSSR count). The number of ether oxygens (including phenoxy) is 1. The summed E-state index contributed by atoms with van der Waals surface area (Å²) in [7, 11) is 1.65. The van der Waals surface area contributed by atoms with Crippen LogP contribution < -0.4 is 4.74 Å². The lowest BCUT2D eigenvalue weighted by atomic mass is 10.1. The topological polar surface area (TPSA) is 35.0 Å². The molecule has 0 saturated carbocycles. The van der Waals surface area contributed by atoms with Crippen molar-refractivity contribution >= 4 is 0 Å². The lowest BCUT2D eigenvalue weighted by Crippen LogP contribution is -1.92. The first-order valence-corrected chi connectivity index (χ1v) is 5.73. The van der Waals surface area contributed by atoms with E-state index in [0.717, 1.165) is 16.9 Å². The minimum absolute atomic E-state index is 0.689. The highest BCUT2D eigenvalue weighted by Gasteiger charge is 2.07. The van der Waals surface area contributed by atoms with Crippen LogP contribution in [0.5, 0.6) is 5.75 Å². The highest BCUT2D eigenvalue weighted by molar-refractivity contribution is 5.64. The lowest BCUT2D eigenvalue weighted by Gasteiger charge is -2.07. The molecule has 0 spiro atoms. The number of rotatable bonds is 2. The van der Waals surface area contributed by atoms with Crippen LogP contribution in [0.15, 0.2) is 36.7 Å². The maximum absolute atomic E-state index is 5.30. The van der Waals surface area contributed by atoms with Crippen LogP contribution in [0.1, 0.15) is 19.4 Å². The number of nitrogens with zero attached hydrogens (tertiary/aromatic N) is 2. The fraction of sp³-hybridized carbons (Fsp3) is 0.286. The van der Waals surface area contributed by atoms with E-state index in [-0.39, 0.29) is 0 Å². The molecule has 0 aliphatic heterocycles. The van der Waals surface area contributed by atoms with Crippen molar-refractivity contribution in [2.45, 2.75) is 20.8 Å². The van der Waals surface area contributed by atoms with Crippen molar-refractivity contribution in [3.63, 3.8) is 0 Å². The Balaban J connectivity index is 0.000000686. The second-order valence-electron chi connectivity index (χ2n) is 3.28. The Morgan fingerprint density at radius 1 is 1.06 bits per heavy atom. The predicted octanol–water partition coefficient (Wildman–Crippen LogP) is 3.49. The third-order valence-electron chi connectivity index (χ3n) is 2.16. The van der Waals surface area contributed by atoms with E-state index in [9.17, 15) is 0 Å². The molecule has 0 atom stereocenters. The highest BCUT2D eigenvalue weighted by atomic mass is 16.5. The Morgan fingerprint density at radius 3 is 2.29 bits per heavy atom. The van der Waals surface area contributed by atoms with Crippen LogP contribution in [0.2, 0.25) is 0 Å². The van der Waals surface area contributed by atoms with E-state index >= 15 is 0 Å². The average molecular weight is 230 g/mol. The maximum Gasteiger partial charge on any atom is 0.162 e. The molecule has 2 aromatic rings. The van der Waals surface area contributed by atoms with Gasteiger partial charge in [-0.05, 0) is 30.7 Å². The molecule has 0 bridgehead atoms. The predicted molar refractivity (Wildman–Crippen MR) is 70.1 cm³/mol. The average Bonchev–Trinajstić information content (AvgIpc) is 2.42. The van der Waals surface area contributed by atoms with Crippen LogP contribution in [0.3, 0.4) is 0 Å². The number of aryl methyl sites for hydroxylation is 1. The molecule has 3 heteroatoms. The Labute approximate surface area is 103 Å². The van der Waals surface area contributed by atoms with Gasteiger partial charge < -0.3 is 4.74 Å². The zero-order valence-corrected chi connectivity index (χ0v) is 10.8. The van der Waals surface area contributed by atoms with Gasteiger partial charge in [-0.1, -0.05) is 19.9 Å². The van der Waals surface area contributed by atoms with Gasteiger partial charge in [0.05, 0.1) is 12.7 Å². The zero-order chi connectivity index (χ0) is 12.7. The summed E-state index contributed by atoms with van der Waals surface area (Å²) in [5.41, 5.74) is 2.08. The third-order valence-corrected chi connectivity index (χ3v) is 2.16. The van der Waals surface area contributed by atoms with Gasteiger partial charge in [0.2, 0.25) is 0 Å². The Kier molecular flexibility index (Phi) is 5.14. The van der Waals surface area contributed by atoms with Crippen LogP contribution in [0.25, 0.3) is 11.4 Å². The monoisotopic (exact) mass is 230 g/mol. The van der Waals surface area contributed by atoms with Crippen molar-refractivity contribution in [1.29, 1.82) is 0 Å². The van der Waals surface area contributed by atoms with E-state index < -0.39 is 0 Å². The van der Waals surface area contributed by atoms with Gasteiger partial charge in [0, 0.05) is 12.4 Å². The van der Waals surface area contributed by atoms with E-state index in [1.54, 1.807) is 25.6 Å². The van der Waals surface area contributed by atoms with Gasteiger partial charge in [-0.25, -0.2) is 9.97 Å². The summed E-state index contributed by atoms with van der Waals surface area (Å²) in [5.74, 6) is 1.50. The van der Waals surface area contributed by atoms with E-state index in [2.05, 4.69) is 9.97 Å². The van der Waals surface area contributed by atoms with Crippen molar-refractivity contribution in [3.05, 3.63) is 42.2 Å². The summed E-state index contributed by atoms with van der Waals surface area (Å²) in [6.07, 6.45) is 3.45. The van der Waals surface area contributed by atoms with Gasteiger partial charge in [0.15, 0.2) is 5.82 Å². The van der Waals surface area contributed by atoms with Gasteiger partial charge in [0.25, 0.3) is 0 Å². The van der Waals surface area contributed by atoms with Crippen LogP contribution >= 0.6 is 0 Å². The molecule has 17 heavy (non-hydrogen) atoms. The molecule has 0 amide bonds. The number of benzene rings is 1. The summed E-state index contributed by atoms with van der Waals surface area (Å²) in [5, 5.41) is 0. The summed E-state index contributed by atoms with van der Waals surface area (Å²) < 4.78 is 5.30. The maximum atomic E-state index is 5.30. The van der Waals surface area contributed by atoms with Crippen molar-refractivity contribution < 1.29 is 4.74 Å². The Morgan fingerprint density at radius 2 is 1.71 bits per heavy atom. The van der Waals surface area contributed by atoms with E-state index in [4.69, 9.17) is 4.74 Å². The lowest BCUT2D eigenvalue weighted by molar-refractivity contribution is 0.416.